The van der Waals surface area contributed by atoms with Crippen molar-refractivity contribution in [2.45, 2.75) is 27.2 Å². The second-order valence-corrected chi connectivity index (χ2v) is 17.5. The molecule has 4 nitrogen and oxygen atoms in total. The van der Waals surface area contributed by atoms with Crippen molar-refractivity contribution in [3.05, 3.63) is 235 Å². The average Bonchev–Trinajstić information content (AvgIpc) is 3.88. The topological polar surface area (TPSA) is 34.6 Å². The van der Waals surface area contributed by atoms with Gasteiger partial charge in [-0.05, 0) is 120 Å². The molecule has 0 aliphatic heterocycles. The van der Waals surface area contributed by atoms with E-state index in [4.69, 9.17) is 4.99 Å². The Kier molecular flexibility index (Phi) is 10.9. The van der Waals surface area contributed by atoms with Gasteiger partial charge in [-0.2, -0.15) is 0 Å². The molecule has 1 aliphatic rings. The van der Waals surface area contributed by atoms with Crippen molar-refractivity contribution in [2.75, 3.05) is 0 Å². The van der Waals surface area contributed by atoms with Crippen LogP contribution in [0.1, 0.15) is 42.7 Å². The van der Waals surface area contributed by atoms with Gasteiger partial charge < -0.3 is 9.13 Å². The summed E-state index contributed by atoms with van der Waals surface area (Å²) in [5, 5.41) is 3.63. The number of para-hydroxylation sites is 2. The number of fused-ring (bicyclic) bond motifs is 4. The van der Waals surface area contributed by atoms with Gasteiger partial charge in [0.1, 0.15) is 0 Å². The highest BCUT2D eigenvalue weighted by atomic mass is 15.0. The van der Waals surface area contributed by atoms with E-state index in [9.17, 15) is 0 Å². The first kappa shape index (κ1) is 41.0. The van der Waals surface area contributed by atoms with Crippen LogP contribution >= 0.6 is 0 Å². The standard InChI is InChI=1S/C61H50N4/c1-6-7-20-51-40-50-16-8-10-24-57(50)64(51)52-21-13-19-48(38-52)49-30-31-55-54-23-9-11-25-58(54)65(59(55)41-49)53-22-14-18-47(39-53)46-17-12-15-43(36-46)37-56(44-28-26-42(2)27-29-44)63-60(62-5)45-32-34-61(3,4)35-33-45/h6-34,36-41H,1,5,35H2,2-4H3/b20-7-,56-37-,63-60?. The van der Waals surface area contributed by atoms with Crippen molar-refractivity contribution in [1.29, 1.82) is 0 Å². The van der Waals surface area contributed by atoms with E-state index in [1.165, 1.54) is 32.8 Å². The van der Waals surface area contributed by atoms with Gasteiger partial charge >= 0.3 is 0 Å². The van der Waals surface area contributed by atoms with Crippen molar-refractivity contribution >= 4 is 63.1 Å². The van der Waals surface area contributed by atoms with Crippen molar-refractivity contribution in [2.24, 2.45) is 15.4 Å². The smallest absolute Gasteiger partial charge is 0.158 e. The predicted molar refractivity (Wildman–Crippen MR) is 279 cm³/mol. The van der Waals surface area contributed by atoms with Crippen LogP contribution in [0.15, 0.2) is 222 Å². The molecule has 0 bridgehead atoms. The summed E-state index contributed by atoms with van der Waals surface area (Å²) in [7, 11) is 0. The van der Waals surface area contributed by atoms with E-state index in [2.05, 4.69) is 248 Å². The van der Waals surface area contributed by atoms with Gasteiger partial charge in [-0.25, -0.2) is 9.98 Å². The molecule has 7 aromatic carbocycles. The van der Waals surface area contributed by atoms with Crippen molar-refractivity contribution in [3.8, 4) is 33.6 Å². The minimum Gasteiger partial charge on any atom is -0.310 e. The zero-order valence-corrected chi connectivity index (χ0v) is 37.1. The third-order valence-corrected chi connectivity index (χ3v) is 12.4. The molecule has 0 saturated heterocycles. The number of hydrogen-bond acceptors (Lipinski definition) is 1. The number of benzene rings is 7. The Morgan fingerprint density at radius 1 is 0.631 bits per heavy atom. The summed E-state index contributed by atoms with van der Waals surface area (Å²) in [6, 6.07) is 61.3. The van der Waals surface area contributed by atoms with Crippen LogP contribution in [0.2, 0.25) is 0 Å². The van der Waals surface area contributed by atoms with Gasteiger partial charge in [0.15, 0.2) is 5.84 Å². The lowest BCUT2D eigenvalue weighted by Gasteiger charge is -2.22. The normalized spacial score (nSPS) is 14.1. The van der Waals surface area contributed by atoms with Gasteiger partial charge in [0.2, 0.25) is 0 Å². The molecule has 0 N–H and O–H groups in total. The van der Waals surface area contributed by atoms with Crippen LogP contribution < -0.4 is 0 Å². The fraction of sp³-hybridized carbons (Fsp3) is 0.0820. The van der Waals surface area contributed by atoms with Crippen LogP contribution in [-0.4, -0.2) is 21.7 Å². The highest BCUT2D eigenvalue weighted by molar-refractivity contribution is 6.10. The molecule has 0 amide bonds. The summed E-state index contributed by atoms with van der Waals surface area (Å²) in [5.41, 5.74) is 16.5. The maximum absolute atomic E-state index is 5.16. The zero-order chi connectivity index (χ0) is 44.5. The summed E-state index contributed by atoms with van der Waals surface area (Å²) in [6.07, 6.45) is 15.6. The Labute approximate surface area is 381 Å². The first-order valence-corrected chi connectivity index (χ1v) is 22.2. The van der Waals surface area contributed by atoms with E-state index in [-0.39, 0.29) is 5.41 Å². The molecule has 4 heteroatoms. The van der Waals surface area contributed by atoms with Crippen molar-refractivity contribution in [1.82, 2.24) is 9.13 Å². The molecule has 1 aliphatic carbocycles. The molecule has 2 heterocycles. The van der Waals surface area contributed by atoms with Gasteiger partial charge in [0.25, 0.3) is 0 Å². The number of aromatic nitrogens is 2. The summed E-state index contributed by atoms with van der Waals surface area (Å²) in [6.45, 7) is 14.4. The highest BCUT2D eigenvalue weighted by Crippen LogP contribution is 2.37. The van der Waals surface area contributed by atoms with E-state index >= 15 is 0 Å². The molecular formula is C61H50N4. The summed E-state index contributed by atoms with van der Waals surface area (Å²) < 4.78 is 4.73. The maximum Gasteiger partial charge on any atom is 0.158 e. The quantitative estimate of drug-likeness (QED) is 0.0569. The molecule has 314 valence electrons. The van der Waals surface area contributed by atoms with Crippen LogP contribution in [0.4, 0.5) is 0 Å². The summed E-state index contributed by atoms with van der Waals surface area (Å²) in [4.78, 5) is 9.58. The van der Waals surface area contributed by atoms with Gasteiger partial charge in [-0.1, -0.05) is 172 Å². The van der Waals surface area contributed by atoms with Crippen molar-refractivity contribution in [3.63, 3.8) is 0 Å². The Balaban J connectivity index is 1.05. The molecule has 2 aromatic heterocycles. The molecule has 0 unspecified atom stereocenters. The third kappa shape index (κ3) is 8.19. The zero-order valence-electron chi connectivity index (χ0n) is 37.1. The van der Waals surface area contributed by atoms with E-state index < -0.39 is 0 Å². The number of aliphatic imine (C=N–C) groups is 2. The molecular weight excluding hydrogens is 789 g/mol. The lowest BCUT2D eigenvalue weighted by atomic mass is 9.84. The molecule has 0 spiro atoms. The molecule has 0 radical (unpaired) electrons. The Hall–Kier alpha value is -8.08. The fourth-order valence-electron chi connectivity index (χ4n) is 9.00. The first-order valence-electron chi connectivity index (χ1n) is 22.2. The van der Waals surface area contributed by atoms with Gasteiger partial charge in [0.05, 0.1) is 22.2 Å². The second kappa shape index (κ2) is 17.2. The predicted octanol–water partition coefficient (Wildman–Crippen LogP) is 16.1. The maximum atomic E-state index is 5.16. The second-order valence-electron chi connectivity index (χ2n) is 17.5. The Morgan fingerprint density at radius 2 is 1.29 bits per heavy atom. The van der Waals surface area contributed by atoms with E-state index in [1.54, 1.807) is 0 Å². The number of nitrogens with zero attached hydrogens (tertiary/aromatic N) is 4. The van der Waals surface area contributed by atoms with Crippen LogP contribution in [0.25, 0.3) is 84.2 Å². The average molecular weight is 839 g/mol. The van der Waals surface area contributed by atoms with Gasteiger partial charge in [-0.15, -0.1) is 0 Å². The van der Waals surface area contributed by atoms with E-state index in [1.807, 2.05) is 12.2 Å². The van der Waals surface area contributed by atoms with Crippen LogP contribution in [0, 0.1) is 12.3 Å². The Bertz CT molecular complexity index is 3470. The molecule has 9 aromatic rings. The van der Waals surface area contributed by atoms with Gasteiger partial charge in [-0.3, -0.25) is 0 Å². The minimum atomic E-state index is 0.106. The lowest BCUT2D eigenvalue weighted by molar-refractivity contribution is 0.483. The minimum absolute atomic E-state index is 0.106. The Morgan fingerprint density at radius 3 is 2.02 bits per heavy atom. The number of aryl methyl sites for hydroxylation is 1. The van der Waals surface area contributed by atoms with E-state index in [0.29, 0.717) is 5.84 Å². The van der Waals surface area contributed by atoms with Crippen LogP contribution in [0.3, 0.4) is 0 Å². The number of rotatable bonds is 10. The van der Waals surface area contributed by atoms with E-state index in [0.717, 1.165) is 73.7 Å². The fourth-order valence-corrected chi connectivity index (χ4v) is 9.00. The molecule has 10 rings (SSSR count). The number of allylic oxidation sites excluding steroid dienone is 4. The largest absolute Gasteiger partial charge is 0.310 e. The highest BCUT2D eigenvalue weighted by Gasteiger charge is 2.19. The van der Waals surface area contributed by atoms with Crippen LogP contribution in [0.5, 0.6) is 0 Å². The number of hydrogen-bond donors (Lipinski definition) is 0. The van der Waals surface area contributed by atoms with Crippen LogP contribution in [-0.2, 0) is 0 Å². The number of amidine groups is 1. The van der Waals surface area contributed by atoms with Gasteiger partial charge in [0, 0.05) is 44.4 Å². The molecule has 0 saturated carbocycles. The summed E-state index contributed by atoms with van der Waals surface area (Å²) in [5.74, 6) is 0.620. The first-order chi connectivity index (χ1) is 31.7. The SMILES string of the molecule is C=C/C=C\c1cc2ccccc2n1-c1cccc(-c2ccc3c4ccccc4n(-c4cccc(-c5cccc(/C=C(\N=C(N=C)C6=CCC(C)(C)C=C6)c6ccc(C)cc6)c5)c4)c3c2)c1. The monoisotopic (exact) mass is 838 g/mol. The third-order valence-electron chi connectivity index (χ3n) is 12.4. The molecule has 0 atom stereocenters. The molecule has 0 fully saturated rings. The summed E-state index contributed by atoms with van der Waals surface area (Å²) >= 11 is 0. The lowest BCUT2D eigenvalue weighted by Crippen LogP contribution is -2.11. The van der Waals surface area contributed by atoms with Crippen molar-refractivity contribution < 1.29 is 0 Å². The molecule has 65 heavy (non-hydrogen) atoms.